The number of thiazole rings is 1. The van der Waals surface area contributed by atoms with Crippen LogP contribution in [0.3, 0.4) is 0 Å². The molecule has 4 unspecified atom stereocenters. The molecule has 3 amide bonds. The van der Waals surface area contributed by atoms with E-state index >= 15 is 0 Å². The van der Waals surface area contributed by atoms with Crippen molar-refractivity contribution in [1.29, 1.82) is 0 Å². The standard InChI is InChI=1S/C38H27BrF3N3O5S2/c39-19-10-12-26(50-16-27(46)43-20-11-9-17-5-1-2-6-18(17)13-20)21(14-19)28-29-22-15-23(32(29)51-34-33(28)52-37(49)44-34)31-30(22)35(47)45(36(31)48)25-8-4-3-7-24(25)38(40,41)42/h1-14,22-23,28-32H,15-16H2,(H,43,46)(H,44,49)/t22-,23-,28-,29?,30?,31?,32?/m1/s1. The van der Waals surface area contributed by atoms with Crippen LogP contribution in [0.25, 0.3) is 10.8 Å². The number of hydrogen-bond acceptors (Lipinski definition) is 7. The number of H-pyrrole nitrogens is 1. The number of carbonyl (C=O) groups is 3. The largest absolute Gasteiger partial charge is 0.483 e. The number of carbonyl (C=O) groups excluding carboxylic acids is 3. The number of ether oxygens (including phenoxy) is 1. The fourth-order valence-electron chi connectivity index (χ4n) is 9.01. The van der Waals surface area contributed by atoms with Gasteiger partial charge in [0.1, 0.15) is 5.75 Å². The first-order chi connectivity index (χ1) is 25.0. The van der Waals surface area contributed by atoms with Gasteiger partial charge in [0, 0.05) is 31.8 Å². The fraction of sp³-hybridized carbons (Fsp3) is 0.263. The lowest BCUT2D eigenvalue weighted by Gasteiger charge is -2.43. The fourth-order valence-corrected chi connectivity index (χ4v) is 12.3. The van der Waals surface area contributed by atoms with Crippen LogP contribution >= 0.6 is 39.0 Å². The predicted octanol–water partition coefficient (Wildman–Crippen LogP) is 8.07. The Hall–Kier alpha value is -4.40. The van der Waals surface area contributed by atoms with Gasteiger partial charge in [0.15, 0.2) is 6.61 Å². The first kappa shape index (κ1) is 33.4. The lowest BCUT2D eigenvalue weighted by Crippen LogP contribution is -2.42. The molecular formula is C38H27BrF3N3O5S2. The zero-order chi connectivity index (χ0) is 36.1. The number of benzene rings is 4. The molecule has 2 aliphatic carbocycles. The van der Waals surface area contributed by atoms with Gasteiger partial charge < -0.3 is 15.0 Å². The number of imide groups is 1. The summed E-state index contributed by atoms with van der Waals surface area (Å²) in [5.41, 5.74) is -0.149. The lowest BCUT2D eigenvalue weighted by molar-refractivity contribution is -0.137. The Kier molecular flexibility index (Phi) is 7.94. The average molecular weight is 807 g/mol. The van der Waals surface area contributed by atoms with Crippen molar-refractivity contribution >= 4 is 78.9 Å². The number of hydrogen-bond donors (Lipinski definition) is 2. The number of amides is 3. The van der Waals surface area contributed by atoms with Gasteiger partial charge in [0.25, 0.3) is 5.91 Å². The quantitative estimate of drug-likeness (QED) is 0.168. The Labute approximate surface area is 310 Å². The number of aromatic amines is 1. The third-order valence-electron chi connectivity index (χ3n) is 10.9. The van der Waals surface area contributed by atoms with Crippen molar-refractivity contribution in [2.75, 3.05) is 16.8 Å². The minimum absolute atomic E-state index is 0.202. The highest BCUT2D eigenvalue weighted by molar-refractivity contribution is 9.10. The van der Waals surface area contributed by atoms with E-state index in [0.29, 0.717) is 28.4 Å². The van der Waals surface area contributed by atoms with E-state index in [1.807, 2.05) is 48.5 Å². The second kappa shape index (κ2) is 12.3. The molecule has 264 valence electrons. The van der Waals surface area contributed by atoms with Gasteiger partial charge in [-0.05, 0) is 77.4 Å². The minimum atomic E-state index is -4.76. The van der Waals surface area contributed by atoms with Crippen LogP contribution in [0.5, 0.6) is 5.75 Å². The average Bonchev–Trinajstić information content (AvgIpc) is 3.86. The molecule has 3 heterocycles. The van der Waals surface area contributed by atoms with Crippen molar-refractivity contribution in [3.63, 3.8) is 0 Å². The number of nitrogens with one attached hydrogen (secondary N) is 2. The highest BCUT2D eigenvalue weighted by Gasteiger charge is 2.70. The van der Waals surface area contributed by atoms with Crippen LogP contribution in [0, 0.1) is 29.6 Å². The molecule has 2 bridgehead atoms. The SMILES string of the molecule is O=C(COc1ccc(Br)cc1[C@H]1c2sc(=O)[nH]c2SC2C1[C@H]1C[C@@H]2C2C(=O)N(c3ccccc3C(F)(F)F)C(=O)C21)Nc1ccc2ccccc2c1. The zero-order valence-corrected chi connectivity index (χ0v) is 30.1. The number of aromatic nitrogens is 1. The summed E-state index contributed by atoms with van der Waals surface area (Å²) in [5.74, 6) is -4.07. The second-order valence-corrected chi connectivity index (χ2v) is 16.7. The van der Waals surface area contributed by atoms with E-state index in [0.717, 1.165) is 42.4 Å². The number of nitrogens with zero attached hydrogens (tertiary/aromatic N) is 1. The van der Waals surface area contributed by atoms with Gasteiger partial charge in [-0.15, -0.1) is 11.8 Å². The molecule has 1 saturated heterocycles. The summed E-state index contributed by atoms with van der Waals surface area (Å²) in [5, 5.41) is 5.38. The van der Waals surface area contributed by atoms with Gasteiger partial charge >= 0.3 is 11.0 Å². The van der Waals surface area contributed by atoms with Crippen molar-refractivity contribution in [3.8, 4) is 5.75 Å². The molecule has 3 fully saturated rings. The van der Waals surface area contributed by atoms with E-state index < -0.39 is 47.0 Å². The van der Waals surface area contributed by atoms with Crippen LogP contribution in [0.1, 0.15) is 28.3 Å². The van der Waals surface area contributed by atoms with Gasteiger partial charge in [-0.1, -0.05) is 69.7 Å². The third-order valence-corrected chi connectivity index (χ3v) is 14.0. The summed E-state index contributed by atoms with van der Waals surface area (Å²) < 4.78 is 49.1. The molecule has 2 N–H and O–H groups in total. The topological polar surface area (TPSA) is 109 Å². The molecule has 2 aliphatic heterocycles. The molecule has 7 atom stereocenters. The van der Waals surface area contributed by atoms with Crippen molar-refractivity contribution < 1.29 is 32.3 Å². The summed E-state index contributed by atoms with van der Waals surface area (Å²) in [6.07, 6.45) is -4.20. The van der Waals surface area contributed by atoms with E-state index in [-0.39, 0.29) is 40.4 Å². The van der Waals surface area contributed by atoms with Crippen LogP contribution < -0.4 is 19.8 Å². The lowest BCUT2D eigenvalue weighted by atomic mass is 9.68. The number of para-hydroxylation sites is 1. The van der Waals surface area contributed by atoms with Gasteiger partial charge in [0.05, 0.1) is 28.1 Å². The Morgan fingerprint density at radius 2 is 1.65 bits per heavy atom. The highest BCUT2D eigenvalue weighted by Crippen LogP contribution is 2.69. The first-order valence-electron chi connectivity index (χ1n) is 16.6. The molecule has 1 aromatic heterocycles. The first-order valence-corrected chi connectivity index (χ1v) is 19.1. The monoisotopic (exact) mass is 805 g/mol. The maximum Gasteiger partial charge on any atom is 0.418 e. The van der Waals surface area contributed by atoms with Crippen molar-refractivity contribution in [1.82, 2.24) is 4.98 Å². The smallest absolute Gasteiger partial charge is 0.418 e. The maximum atomic E-state index is 14.2. The third kappa shape index (κ3) is 5.32. The second-order valence-electron chi connectivity index (χ2n) is 13.6. The highest BCUT2D eigenvalue weighted by atomic mass is 79.9. The van der Waals surface area contributed by atoms with E-state index in [2.05, 4.69) is 26.2 Å². The number of alkyl halides is 3. The molecule has 8 nitrogen and oxygen atoms in total. The van der Waals surface area contributed by atoms with Gasteiger partial charge in [-0.2, -0.15) is 13.2 Å². The van der Waals surface area contributed by atoms with E-state index in [1.165, 1.54) is 30.0 Å². The zero-order valence-electron chi connectivity index (χ0n) is 26.9. The van der Waals surface area contributed by atoms with E-state index in [1.54, 1.807) is 12.1 Å². The van der Waals surface area contributed by atoms with Crippen LogP contribution in [0.2, 0.25) is 0 Å². The number of anilines is 2. The van der Waals surface area contributed by atoms with Gasteiger partial charge in [-0.25, -0.2) is 4.90 Å². The summed E-state index contributed by atoms with van der Waals surface area (Å²) in [4.78, 5) is 58.3. The van der Waals surface area contributed by atoms with Crippen LogP contribution in [0.4, 0.5) is 24.5 Å². The molecule has 14 heteroatoms. The van der Waals surface area contributed by atoms with Crippen molar-refractivity contribution in [2.24, 2.45) is 29.6 Å². The maximum absolute atomic E-state index is 14.2. The predicted molar refractivity (Wildman–Crippen MR) is 195 cm³/mol. The summed E-state index contributed by atoms with van der Waals surface area (Å²) in [7, 11) is 0. The Balaban J connectivity index is 1.05. The van der Waals surface area contributed by atoms with Crippen LogP contribution in [-0.2, 0) is 20.6 Å². The molecule has 52 heavy (non-hydrogen) atoms. The van der Waals surface area contributed by atoms with Crippen LogP contribution in [-0.4, -0.2) is 34.6 Å². The summed E-state index contributed by atoms with van der Waals surface area (Å²) >= 11 is 6.12. The summed E-state index contributed by atoms with van der Waals surface area (Å²) in [6, 6.07) is 23.6. The minimum Gasteiger partial charge on any atom is -0.483 e. The molecular weight excluding hydrogens is 779 g/mol. The molecule has 0 radical (unpaired) electrons. The number of fused-ring (bicyclic) bond motifs is 10. The molecule has 5 aromatic rings. The van der Waals surface area contributed by atoms with Crippen LogP contribution in [0.15, 0.2) is 99.2 Å². The Morgan fingerprint density at radius 1 is 0.923 bits per heavy atom. The molecule has 2 saturated carbocycles. The number of thioether (sulfide) groups is 1. The van der Waals surface area contributed by atoms with Gasteiger partial charge in [-0.3, -0.25) is 19.2 Å². The molecule has 4 aromatic carbocycles. The van der Waals surface area contributed by atoms with Gasteiger partial charge in [0.2, 0.25) is 11.8 Å². The van der Waals surface area contributed by atoms with Crippen molar-refractivity contribution in [3.05, 3.63) is 115 Å². The van der Waals surface area contributed by atoms with Crippen molar-refractivity contribution in [2.45, 2.75) is 28.8 Å². The Morgan fingerprint density at radius 3 is 2.44 bits per heavy atom. The van der Waals surface area contributed by atoms with E-state index in [9.17, 15) is 32.3 Å². The Bertz CT molecular complexity index is 2380. The summed E-state index contributed by atoms with van der Waals surface area (Å²) in [6.45, 7) is -0.301. The normalized spacial score (nSPS) is 26.0. The molecule has 9 rings (SSSR count). The number of rotatable bonds is 6. The molecule has 4 aliphatic rings. The number of halogens is 4. The van der Waals surface area contributed by atoms with E-state index in [4.69, 9.17) is 4.74 Å². The molecule has 0 spiro atoms.